The van der Waals surface area contributed by atoms with Crippen molar-refractivity contribution in [1.29, 1.82) is 0 Å². The molecule has 0 spiro atoms. The maximum absolute atomic E-state index is 11.7. The Balaban J connectivity index is 2.09. The van der Waals surface area contributed by atoms with Crippen LogP contribution in [0.2, 0.25) is 0 Å². The highest BCUT2D eigenvalue weighted by Gasteiger charge is 2.08. The Morgan fingerprint density at radius 1 is 1.17 bits per heavy atom. The molecule has 1 N–H and O–H groups in total. The molecule has 0 fully saturated rings. The van der Waals surface area contributed by atoms with Gasteiger partial charge in [0.1, 0.15) is 0 Å². The molecule has 0 saturated carbocycles. The molecule has 1 aromatic carbocycles. The third kappa shape index (κ3) is 2.95. The molecule has 0 radical (unpaired) electrons. The number of benzene rings is 1. The van der Waals surface area contributed by atoms with Gasteiger partial charge < -0.3 is 15.2 Å². The van der Waals surface area contributed by atoms with Gasteiger partial charge in [-0.3, -0.25) is 4.79 Å². The van der Waals surface area contributed by atoms with Crippen LogP contribution in [0.25, 0.3) is 0 Å². The Labute approximate surface area is 108 Å². The predicted molar refractivity (Wildman–Crippen MR) is 67.4 cm³/mol. The van der Waals surface area contributed by atoms with Crippen LogP contribution in [0.15, 0.2) is 41.8 Å². The molecule has 2 rings (SSSR count). The number of carbonyl (C=O) groups excluding carboxylic acids is 2. The van der Waals surface area contributed by atoms with Gasteiger partial charge in [-0.05, 0) is 17.5 Å². The zero-order chi connectivity index (χ0) is 13.0. The van der Waals surface area contributed by atoms with E-state index in [2.05, 4.69) is 5.32 Å². The first kappa shape index (κ1) is 12.3. The molecule has 0 aliphatic heterocycles. The van der Waals surface area contributed by atoms with Crippen molar-refractivity contribution in [1.82, 2.24) is 0 Å². The van der Waals surface area contributed by atoms with Crippen LogP contribution in [0.1, 0.15) is 15.2 Å². The lowest BCUT2D eigenvalue weighted by atomic mass is 10.1. The summed E-state index contributed by atoms with van der Waals surface area (Å²) in [5.74, 6) is -1.55. The first-order valence-corrected chi connectivity index (χ1v) is 6.17. The monoisotopic (exact) mass is 260 g/mol. The molecule has 18 heavy (non-hydrogen) atoms. The summed E-state index contributed by atoms with van der Waals surface area (Å²) in [4.78, 5) is 23.5. The fourth-order valence-corrected chi connectivity index (χ4v) is 2.24. The Hall–Kier alpha value is -2.14. The molecule has 0 saturated heterocycles. The van der Waals surface area contributed by atoms with E-state index in [1.54, 1.807) is 12.1 Å². The Morgan fingerprint density at radius 2 is 1.94 bits per heavy atom. The molecular formula is C13H10NO3S-. The van der Waals surface area contributed by atoms with Gasteiger partial charge >= 0.3 is 0 Å². The van der Waals surface area contributed by atoms with Crippen molar-refractivity contribution in [2.24, 2.45) is 0 Å². The van der Waals surface area contributed by atoms with E-state index in [9.17, 15) is 14.7 Å². The minimum Gasteiger partial charge on any atom is -0.545 e. The summed E-state index contributed by atoms with van der Waals surface area (Å²) in [7, 11) is 0. The van der Waals surface area contributed by atoms with Crippen molar-refractivity contribution in [2.75, 3.05) is 5.32 Å². The number of nitrogens with one attached hydrogen (secondary N) is 1. The Morgan fingerprint density at radius 3 is 2.61 bits per heavy atom. The lowest BCUT2D eigenvalue weighted by Crippen LogP contribution is -2.25. The highest BCUT2D eigenvalue weighted by atomic mass is 32.1. The quantitative estimate of drug-likeness (QED) is 0.900. The van der Waals surface area contributed by atoms with Gasteiger partial charge in [0.25, 0.3) is 0 Å². The predicted octanol–water partition coefficient (Wildman–Crippen LogP) is 1.29. The van der Waals surface area contributed by atoms with Gasteiger partial charge in [-0.15, -0.1) is 11.3 Å². The molecule has 1 aromatic heterocycles. The number of thiophene rings is 1. The maximum Gasteiger partial charge on any atom is 0.229 e. The van der Waals surface area contributed by atoms with Crippen LogP contribution in [-0.2, 0) is 11.2 Å². The van der Waals surface area contributed by atoms with Gasteiger partial charge in [0.15, 0.2) is 0 Å². The zero-order valence-electron chi connectivity index (χ0n) is 9.38. The third-order valence-corrected chi connectivity index (χ3v) is 3.21. The van der Waals surface area contributed by atoms with Crippen molar-refractivity contribution in [3.05, 3.63) is 52.2 Å². The molecule has 1 heterocycles. The van der Waals surface area contributed by atoms with E-state index in [0.29, 0.717) is 0 Å². The number of amides is 1. The summed E-state index contributed by atoms with van der Waals surface area (Å²) < 4.78 is 0. The molecule has 0 aliphatic carbocycles. The summed E-state index contributed by atoms with van der Waals surface area (Å²) in [6.07, 6.45) is 0.235. The first-order chi connectivity index (χ1) is 8.66. The van der Waals surface area contributed by atoms with E-state index in [1.165, 1.54) is 23.5 Å². The lowest BCUT2D eigenvalue weighted by Gasteiger charge is -2.11. The highest BCUT2D eigenvalue weighted by molar-refractivity contribution is 7.10. The largest absolute Gasteiger partial charge is 0.545 e. The summed E-state index contributed by atoms with van der Waals surface area (Å²) in [5, 5.41) is 15.3. The smallest absolute Gasteiger partial charge is 0.229 e. The molecule has 0 atom stereocenters. The average molecular weight is 260 g/mol. The number of rotatable bonds is 4. The summed E-state index contributed by atoms with van der Waals surface area (Å²) >= 11 is 1.48. The SMILES string of the molecule is O=C(Cc1cccs1)Nc1ccccc1C(=O)[O-]. The van der Waals surface area contributed by atoms with Gasteiger partial charge in [0, 0.05) is 16.1 Å². The fraction of sp³-hybridized carbons (Fsp3) is 0.0769. The number of carbonyl (C=O) groups is 2. The average Bonchev–Trinajstić information content (AvgIpc) is 2.82. The van der Waals surface area contributed by atoms with Crippen molar-refractivity contribution in [3.63, 3.8) is 0 Å². The van der Waals surface area contributed by atoms with E-state index in [4.69, 9.17) is 0 Å². The second kappa shape index (κ2) is 5.46. The van der Waals surface area contributed by atoms with Crippen molar-refractivity contribution >= 4 is 28.9 Å². The van der Waals surface area contributed by atoms with Crippen LogP contribution in [0.4, 0.5) is 5.69 Å². The molecule has 4 nitrogen and oxygen atoms in total. The molecule has 92 valence electrons. The van der Waals surface area contributed by atoms with Crippen LogP contribution in [0, 0.1) is 0 Å². The van der Waals surface area contributed by atoms with E-state index in [0.717, 1.165) is 4.88 Å². The van der Waals surface area contributed by atoms with Gasteiger partial charge in [-0.25, -0.2) is 0 Å². The fourth-order valence-electron chi connectivity index (χ4n) is 1.54. The van der Waals surface area contributed by atoms with E-state index in [1.807, 2.05) is 17.5 Å². The van der Waals surface area contributed by atoms with E-state index < -0.39 is 5.97 Å². The van der Waals surface area contributed by atoms with Crippen molar-refractivity contribution < 1.29 is 14.7 Å². The molecule has 0 aliphatic rings. The second-order valence-corrected chi connectivity index (χ2v) is 4.67. The number of carboxylic acid groups (broad SMARTS) is 1. The minimum atomic E-state index is -1.30. The molecule has 1 amide bonds. The van der Waals surface area contributed by atoms with Gasteiger partial charge in [0.2, 0.25) is 5.91 Å². The van der Waals surface area contributed by atoms with Crippen LogP contribution in [0.3, 0.4) is 0 Å². The molecule has 5 heteroatoms. The number of anilines is 1. The Bertz CT molecular complexity index is 563. The van der Waals surface area contributed by atoms with Crippen LogP contribution >= 0.6 is 11.3 Å². The standard InChI is InChI=1S/C13H11NO3S/c15-12(8-9-4-3-7-18-9)14-11-6-2-1-5-10(11)13(16)17/h1-7H,8H2,(H,14,15)(H,16,17)/p-1. The van der Waals surface area contributed by atoms with Gasteiger partial charge in [-0.2, -0.15) is 0 Å². The minimum absolute atomic E-state index is 0.0166. The number of carboxylic acids is 1. The normalized spacial score (nSPS) is 10.0. The Kier molecular flexibility index (Phi) is 3.74. The zero-order valence-corrected chi connectivity index (χ0v) is 10.2. The molecular weight excluding hydrogens is 250 g/mol. The number of para-hydroxylation sites is 1. The van der Waals surface area contributed by atoms with Crippen LogP contribution in [0.5, 0.6) is 0 Å². The summed E-state index contributed by atoms with van der Waals surface area (Å²) in [6.45, 7) is 0. The van der Waals surface area contributed by atoms with Crippen LogP contribution < -0.4 is 10.4 Å². The molecule has 0 bridgehead atoms. The number of hydrogen-bond donors (Lipinski definition) is 1. The second-order valence-electron chi connectivity index (χ2n) is 3.64. The first-order valence-electron chi connectivity index (χ1n) is 5.29. The lowest BCUT2D eigenvalue weighted by molar-refractivity contribution is -0.254. The highest BCUT2D eigenvalue weighted by Crippen LogP contribution is 2.15. The van der Waals surface area contributed by atoms with E-state index >= 15 is 0 Å². The number of hydrogen-bond acceptors (Lipinski definition) is 4. The van der Waals surface area contributed by atoms with Gasteiger partial charge in [0.05, 0.1) is 12.4 Å². The van der Waals surface area contributed by atoms with Crippen LogP contribution in [-0.4, -0.2) is 11.9 Å². The molecule has 2 aromatic rings. The van der Waals surface area contributed by atoms with Gasteiger partial charge in [-0.1, -0.05) is 24.3 Å². The summed E-state index contributed by atoms with van der Waals surface area (Å²) in [6, 6.07) is 9.90. The number of aromatic carboxylic acids is 1. The van der Waals surface area contributed by atoms with Crippen molar-refractivity contribution in [3.8, 4) is 0 Å². The summed E-state index contributed by atoms with van der Waals surface area (Å²) in [5.41, 5.74) is 0.246. The molecule has 0 unspecified atom stereocenters. The third-order valence-electron chi connectivity index (χ3n) is 2.34. The van der Waals surface area contributed by atoms with E-state index in [-0.39, 0.29) is 23.6 Å². The topological polar surface area (TPSA) is 69.2 Å². The van der Waals surface area contributed by atoms with Crippen molar-refractivity contribution in [2.45, 2.75) is 6.42 Å². The maximum atomic E-state index is 11.7.